The largest absolute Gasteiger partial charge is 0.508 e. The SMILES string of the molecule is CC1(C(=O)NC(=O)[C@@]2(C)CCC[C@]3(C)c4cc(N5CCNCC5)ccc4CC[C@@H]23)CCCC2(C)c3cc(O)ccc3CCC12. The number of phenols is 1. The fourth-order valence-corrected chi connectivity index (χ4v) is 10.9. The number of benzene rings is 2. The van der Waals surface area contributed by atoms with Gasteiger partial charge in [0.25, 0.3) is 0 Å². The molecule has 6 atom stereocenters. The van der Waals surface area contributed by atoms with Crippen LogP contribution in [0.15, 0.2) is 36.4 Å². The summed E-state index contributed by atoms with van der Waals surface area (Å²) in [5.74, 6) is 0.451. The summed E-state index contributed by atoms with van der Waals surface area (Å²) in [5.41, 5.74) is 5.13. The molecule has 1 saturated heterocycles. The van der Waals surface area contributed by atoms with Gasteiger partial charge in [-0.3, -0.25) is 14.9 Å². The number of phenolic OH excluding ortho intramolecular Hbond substituents is 1. The number of nitrogens with one attached hydrogen (secondary N) is 2. The molecule has 0 spiro atoms. The van der Waals surface area contributed by atoms with Crippen LogP contribution < -0.4 is 15.5 Å². The first kappa shape index (κ1) is 29.8. The van der Waals surface area contributed by atoms with Gasteiger partial charge in [0.15, 0.2) is 0 Å². The Kier molecular flexibility index (Phi) is 7.19. The van der Waals surface area contributed by atoms with Crippen LogP contribution in [0.3, 0.4) is 0 Å². The van der Waals surface area contributed by atoms with E-state index in [-0.39, 0.29) is 34.5 Å². The third-order valence-corrected chi connectivity index (χ3v) is 13.4. The Morgan fingerprint density at radius 3 is 1.86 bits per heavy atom. The molecule has 3 fully saturated rings. The molecule has 236 valence electrons. The number of nitrogens with zero attached hydrogens (tertiary/aromatic N) is 1. The van der Waals surface area contributed by atoms with Crippen LogP contribution in [0.2, 0.25) is 0 Å². The van der Waals surface area contributed by atoms with Crippen molar-refractivity contribution in [1.82, 2.24) is 10.6 Å². The summed E-state index contributed by atoms with van der Waals surface area (Å²) in [4.78, 5) is 31.3. The maximum Gasteiger partial charge on any atom is 0.232 e. The molecule has 3 unspecified atom stereocenters. The molecule has 2 amide bonds. The summed E-state index contributed by atoms with van der Waals surface area (Å²) in [7, 11) is 0. The first-order chi connectivity index (χ1) is 21.0. The van der Waals surface area contributed by atoms with Crippen molar-refractivity contribution in [2.45, 2.75) is 103 Å². The minimum absolute atomic E-state index is 0.0671. The number of hydrogen-bond acceptors (Lipinski definition) is 5. The van der Waals surface area contributed by atoms with E-state index in [2.05, 4.69) is 67.5 Å². The van der Waals surface area contributed by atoms with E-state index < -0.39 is 10.8 Å². The van der Waals surface area contributed by atoms with Crippen LogP contribution in [0.25, 0.3) is 0 Å². The fraction of sp³-hybridized carbons (Fsp3) is 0.632. The van der Waals surface area contributed by atoms with E-state index in [0.717, 1.165) is 90.4 Å². The molecular formula is C38H51N3O3. The smallest absolute Gasteiger partial charge is 0.232 e. The van der Waals surface area contributed by atoms with Crippen molar-refractivity contribution < 1.29 is 14.7 Å². The average Bonchev–Trinajstić information content (AvgIpc) is 3.01. The normalized spacial score (nSPS) is 36.3. The lowest BCUT2D eigenvalue weighted by Crippen LogP contribution is -2.60. The molecule has 2 aromatic carbocycles. The zero-order valence-electron chi connectivity index (χ0n) is 27.2. The van der Waals surface area contributed by atoms with Crippen molar-refractivity contribution in [3.05, 3.63) is 58.7 Å². The molecule has 6 nitrogen and oxygen atoms in total. The summed E-state index contributed by atoms with van der Waals surface area (Å²) in [6.45, 7) is 13.0. The van der Waals surface area contributed by atoms with Crippen molar-refractivity contribution in [3.63, 3.8) is 0 Å². The van der Waals surface area contributed by atoms with Crippen molar-refractivity contribution in [1.29, 1.82) is 0 Å². The monoisotopic (exact) mass is 597 g/mol. The lowest BCUT2D eigenvalue weighted by Gasteiger charge is -2.56. The summed E-state index contributed by atoms with van der Waals surface area (Å²) >= 11 is 0. The maximum absolute atomic E-state index is 14.4. The van der Waals surface area contributed by atoms with Gasteiger partial charge in [-0.1, -0.05) is 52.7 Å². The first-order valence-corrected chi connectivity index (χ1v) is 17.3. The molecule has 6 heteroatoms. The third-order valence-electron chi connectivity index (χ3n) is 13.4. The Bertz CT molecular complexity index is 1480. The number of piperazine rings is 1. The number of aryl methyl sites for hydroxylation is 2. The Labute approximate surface area is 263 Å². The predicted molar refractivity (Wildman–Crippen MR) is 175 cm³/mol. The number of carbonyl (C=O) groups excluding carboxylic acids is 2. The van der Waals surface area contributed by atoms with Crippen LogP contribution in [-0.2, 0) is 33.3 Å². The quantitative estimate of drug-likeness (QED) is 0.369. The van der Waals surface area contributed by atoms with Gasteiger partial charge in [-0.05, 0) is 121 Å². The summed E-state index contributed by atoms with van der Waals surface area (Å²) in [6.07, 6.45) is 9.41. The Morgan fingerprint density at radius 2 is 1.30 bits per heavy atom. The van der Waals surface area contributed by atoms with Gasteiger partial charge in [0, 0.05) is 31.9 Å². The summed E-state index contributed by atoms with van der Waals surface area (Å²) in [5, 5.41) is 16.9. The number of fused-ring (bicyclic) bond motifs is 6. The van der Waals surface area contributed by atoms with Crippen LogP contribution in [0.5, 0.6) is 5.75 Å². The number of amides is 2. The minimum atomic E-state index is -0.627. The van der Waals surface area contributed by atoms with Gasteiger partial charge in [0.05, 0.1) is 10.8 Å². The van der Waals surface area contributed by atoms with Gasteiger partial charge in [-0.15, -0.1) is 0 Å². The van der Waals surface area contributed by atoms with Crippen LogP contribution in [-0.4, -0.2) is 43.1 Å². The van der Waals surface area contributed by atoms with Crippen molar-refractivity contribution in [2.24, 2.45) is 22.7 Å². The van der Waals surface area contributed by atoms with Crippen LogP contribution in [0.4, 0.5) is 5.69 Å². The maximum atomic E-state index is 14.4. The van der Waals surface area contributed by atoms with E-state index >= 15 is 0 Å². The second kappa shape index (κ2) is 10.6. The molecule has 2 saturated carbocycles. The lowest BCUT2D eigenvalue weighted by atomic mass is 9.49. The standard InChI is InChI=1S/C38H51N3O3/c1-35-15-5-17-37(3,31(35)13-9-25-7-11-27(23-29(25)35)41-21-19-39-20-22-41)33(43)40-34(44)38(4)18-6-16-36(2)30-24-28(42)12-8-26(30)10-14-32(36)38/h7-8,11-12,23-24,31-32,39,42H,5-6,9-10,13-22H2,1-4H3,(H,40,43,44)/t31-,32?,35-,36?,37+,38?/m1/s1. The van der Waals surface area contributed by atoms with Gasteiger partial charge in [0.1, 0.15) is 5.75 Å². The molecule has 4 aliphatic carbocycles. The fourth-order valence-electron chi connectivity index (χ4n) is 10.9. The van der Waals surface area contributed by atoms with E-state index in [0.29, 0.717) is 5.75 Å². The van der Waals surface area contributed by atoms with Crippen LogP contribution in [0.1, 0.15) is 101 Å². The molecule has 44 heavy (non-hydrogen) atoms. The molecule has 1 aliphatic heterocycles. The number of hydrogen-bond donors (Lipinski definition) is 3. The minimum Gasteiger partial charge on any atom is -0.508 e. The van der Waals surface area contributed by atoms with Gasteiger partial charge in [-0.2, -0.15) is 0 Å². The molecule has 0 bridgehead atoms. The second-order valence-electron chi connectivity index (χ2n) is 15.8. The Hall–Kier alpha value is -2.86. The zero-order valence-corrected chi connectivity index (χ0v) is 27.2. The van der Waals surface area contributed by atoms with Crippen LogP contribution >= 0.6 is 0 Å². The predicted octanol–water partition coefficient (Wildman–Crippen LogP) is 6.17. The number of aromatic hydroxyl groups is 1. The molecular weight excluding hydrogens is 546 g/mol. The van der Waals surface area contributed by atoms with E-state index in [1.807, 2.05) is 6.07 Å². The lowest BCUT2D eigenvalue weighted by molar-refractivity contribution is -0.150. The van der Waals surface area contributed by atoms with Gasteiger partial charge >= 0.3 is 0 Å². The highest BCUT2D eigenvalue weighted by molar-refractivity contribution is 6.00. The molecule has 0 radical (unpaired) electrons. The van der Waals surface area contributed by atoms with Crippen LogP contribution in [0, 0.1) is 22.7 Å². The Morgan fingerprint density at radius 1 is 0.773 bits per heavy atom. The first-order valence-electron chi connectivity index (χ1n) is 17.3. The molecule has 3 N–H and O–H groups in total. The second-order valence-corrected chi connectivity index (χ2v) is 15.8. The van der Waals surface area contributed by atoms with Crippen molar-refractivity contribution in [3.8, 4) is 5.75 Å². The summed E-state index contributed by atoms with van der Waals surface area (Å²) < 4.78 is 0. The number of carbonyl (C=O) groups is 2. The van der Waals surface area contributed by atoms with Crippen molar-refractivity contribution in [2.75, 3.05) is 31.1 Å². The number of anilines is 1. The highest BCUT2D eigenvalue weighted by Gasteiger charge is 2.58. The number of rotatable bonds is 3. The van der Waals surface area contributed by atoms with E-state index in [1.165, 1.54) is 27.9 Å². The highest BCUT2D eigenvalue weighted by Crippen LogP contribution is 2.59. The number of imide groups is 1. The molecule has 5 aliphatic rings. The van der Waals surface area contributed by atoms with Gasteiger partial charge in [-0.25, -0.2) is 0 Å². The Balaban J connectivity index is 1.15. The van der Waals surface area contributed by atoms with E-state index in [1.54, 1.807) is 6.07 Å². The van der Waals surface area contributed by atoms with Gasteiger partial charge < -0.3 is 15.3 Å². The van der Waals surface area contributed by atoms with E-state index in [4.69, 9.17) is 0 Å². The molecule has 0 aromatic heterocycles. The average molecular weight is 598 g/mol. The highest BCUT2D eigenvalue weighted by atomic mass is 16.3. The van der Waals surface area contributed by atoms with Crippen molar-refractivity contribution >= 4 is 17.5 Å². The zero-order chi connectivity index (χ0) is 30.9. The molecule has 1 heterocycles. The topological polar surface area (TPSA) is 81.7 Å². The summed E-state index contributed by atoms with van der Waals surface area (Å²) in [6, 6.07) is 12.8. The van der Waals surface area contributed by atoms with Gasteiger partial charge in [0.2, 0.25) is 11.8 Å². The molecule has 7 rings (SSSR count). The third kappa shape index (κ3) is 4.45. The molecule has 2 aromatic rings. The van der Waals surface area contributed by atoms with E-state index in [9.17, 15) is 14.7 Å².